The summed E-state index contributed by atoms with van der Waals surface area (Å²) in [6.45, 7) is 0.492. The Balaban J connectivity index is 1.53. The predicted octanol–water partition coefficient (Wildman–Crippen LogP) is 2.82. The number of likely N-dealkylation sites (tertiary alicyclic amines) is 1. The standard InChI is InChI=1S/C18H21F2N3O2/c19-18(20,17(25)8-4-9-17)16(24)23-10-3-5-12(11-23)15-21-13-6-1-2-7-14(13)22-15/h1-2,6-7,12,25H,3-5,8-11H2,(H,21,22)/t12-/m0/s1. The molecule has 1 saturated carbocycles. The molecule has 5 nitrogen and oxygen atoms in total. The molecule has 2 aliphatic rings. The second-order valence-electron chi connectivity index (χ2n) is 7.19. The fourth-order valence-corrected chi connectivity index (χ4v) is 3.77. The quantitative estimate of drug-likeness (QED) is 0.895. The van der Waals surface area contributed by atoms with Crippen molar-refractivity contribution < 1.29 is 18.7 Å². The van der Waals surface area contributed by atoms with E-state index in [0.29, 0.717) is 19.4 Å². The topological polar surface area (TPSA) is 69.2 Å². The van der Waals surface area contributed by atoms with Gasteiger partial charge < -0.3 is 15.0 Å². The van der Waals surface area contributed by atoms with E-state index in [1.54, 1.807) is 0 Å². The van der Waals surface area contributed by atoms with Crippen molar-refractivity contribution in [3.63, 3.8) is 0 Å². The number of aromatic amines is 1. The van der Waals surface area contributed by atoms with E-state index in [9.17, 15) is 18.7 Å². The van der Waals surface area contributed by atoms with E-state index in [1.807, 2.05) is 24.3 Å². The summed E-state index contributed by atoms with van der Waals surface area (Å²) in [5, 5.41) is 10.0. The molecule has 2 fully saturated rings. The third-order valence-corrected chi connectivity index (χ3v) is 5.54. The maximum atomic E-state index is 14.5. The number of amides is 1. The number of fused-ring (bicyclic) bond motifs is 1. The van der Waals surface area contributed by atoms with E-state index >= 15 is 0 Å². The van der Waals surface area contributed by atoms with Gasteiger partial charge in [0.1, 0.15) is 11.4 Å². The number of nitrogens with one attached hydrogen (secondary N) is 1. The Hall–Kier alpha value is -2.02. The first kappa shape index (κ1) is 16.4. The lowest BCUT2D eigenvalue weighted by Gasteiger charge is -2.44. The maximum Gasteiger partial charge on any atom is 0.352 e. The number of piperidine rings is 1. The van der Waals surface area contributed by atoms with Crippen LogP contribution in [0.4, 0.5) is 8.78 Å². The fourth-order valence-electron chi connectivity index (χ4n) is 3.77. The lowest BCUT2D eigenvalue weighted by Crippen LogP contribution is -2.62. The van der Waals surface area contributed by atoms with Crippen LogP contribution >= 0.6 is 0 Å². The Morgan fingerprint density at radius 1 is 1.32 bits per heavy atom. The molecule has 2 N–H and O–H groups in total. The van der Waals surface area contributed by atoms with Crippen LogP contribution in [0.2, 0.25) is 0 Å². The molecule has 1 saturated heterocycles. The second kappa shape index (κ2) is 5.76. The maximum absolute atomic E-state index is 14.5. The molecule has 7 heteroatoms. The second-order valence-corrected chi connectivity index (χ2v) is 7.19. The van der Waals surface area contributed by atoms with Gasteiger partial charge in [0, 0.05) is 19.0 Å². The number of hydrogen-bond donors (Lipinski definition) is 2. The van der Waals surface area contributed by atoms with Crippen molar-refractivity contribution in [2.24, 2.45) is 0 Å². The van der Waals surface area contributed by atoms with Crippen LogP contribution in [0.15, 0.2) is 24.3 Å². The summed E-state index contributed by atoms with van der Waals surface area (Å²) in [7, 11) is 0. The van der Waals surface area contributed by atoms with Gasteiger partial charge in [-0.3, -0.25) is 4.79 Å². The van der Waals surface area contributed by atoms with Crippen LogP contribution in [0.5, 0.6) is 0 Å². The van der Waals surface area contributed by atoms with E-state index in [4.69, 9.17) is 0 Å². The first-order valence-corrected chi connectivity index (χ1v) is 8.75. The normalized spacial score (nSPS) is 23.5. The number of aliphatic hydroxyl groups is 1. The number of H-pyrrole nitrogens is 1. The highest BCUT2D eigenvalue weighted by molar-refractivity contribution is 5.85. The van der Waals surface area contributed by atoms with Gasteiger partial charge in [0.05, 0.1) is 11.0 Å². The number of alkyl halides is 2. The number of hydrogen-bond acceptors (Lipinski definition) is 3. The minimum Gasteiger partial charge on any atom is -0.383 e. The highest BCUT2D eigenvalue weighted by Gasteiger charge is 2.62. The molecule has 4 rings (SSSR count). The van der Waals surface area contributed by atoms with Crippen molar-refractivity contribution in [3.8, 4) is 0 Å². The lowest BCUT2D eigenvalue weighted by molar-refractivity contribution is -0.224. The number of carbonyl (C=O) groups is 1. The number of para-hydroxylation sites is 2. The van der Waals surface area contributed by atoms with E-state index in [-0.39, 0.29) is 25.3 Å². The van der Waals surface area contributed by atoms with Crippen molar-refractivity contribution in [3.05, 3.63) is 30.1 Å². The van der Waals surface area contributed by atoms with E-state index < -0.39 is 17.4 Å². The van der Waals surface area contributed by atoms with Crippen LogP contribution in [-0.2, 0) is 4.79 Å². The molecule has 2 heterocycles. The number of imidazole rings is 1. The molecular formula is C18H21F2N3O2. The number of rotatable bonds is 3. The summed E-state index contributed by atoms with van der Waals surface area (Å²) in [4.78, 5) is 21.4. The minimum absolute atomic E-state index is 0.0212. The monoisotopic (exact) mass is 349 g/mol. The van der Waals surface area contributed by atoms with E-state index in [0.717, 1.165) is 23.3 Å². The average molecular weight is 349 g/mol. The summed E-state index contributed by atoms with van der Waals surface area (Å²) < 4.78 is 28.9. The first-order chi connectivity index (χ1) is 11.9. The van der Waals surface area contributed by atoms with Crippen molar-refractivity contribution in [1.82, 2.24) is 14.9 Å². The van der Waals surface area contributed by atoms with Crippen molar-refractivity contribution in [2.45, 2.75) is 49.5 Å². The summed E-state index contributed by atoms with van der Waals surface area (Å²) in [6, 6.07) is 7.60. The molecule has 1 atom stereocenters. The predicted molar refractivity (Wildman–Crippen MR) is 88.4 cm³/mol. The lowest BCUT2D eigenvalue weighted by atomic mass is 9.74. The van der Waals surface area contributed by atoms with Gasteiger partial charge in [-0.25, -0.2) is 4.98 Å². The largest absolute Gasteiger partial charge is 0.383 e. The third kappa shape index (κ3) is 2.61. The molecule has 0 bridgehead atoms. The van der Waals surface area contributed by atoms with Crippen molar-refractivity contribution in [1.29, 1.82) is 0 Å². The van der Waals surface area contributed by atoms with Gasteiger partial charge >= 0.3 is 5.92 Å². The molecular weight excluding hydrogens is 328 g/mol. The summed E-state index contributed by atoms with van der Waals surface area (Å²) in [5.41, 5.74) is -0.443. The van der Waals surface area contributed by atoms with Gasteiger partial charge in [0.15, 0.2) is 0 Å². The van der Waals surface area contributed by atoms with Crippen LogP contribution in [0.3, 0.4) is 0 Å². The highest BCUT2D eigenvalue weighted by Crippen LogP contribution is 2.45. The van der Waals surface area contributed by atoms with Crippen LogP contribution in [-0.4, -0.2) is 50.5 Å². The number of carbonyl (C=O) groups excluding carboxylic acids is 1. The smallest absolute Gasteiger partial charge is 0.352 e. The van der Waals surface area contributed by atoms with Gasteiger partial charge in [-0.1, -0.05) is 12.1 Å². The first-order valence-electron chi connectivity index (χ1n) is 8.75. The fraction of sp³-hybridized carbons (Fsp3) is 0.556. The molecule has 0 spiro atoms. The molecule has 0 unspecified atom stereocenters. The van der Waals surface area contributed by atoms with Gasteiger partial charge in [-0.05, 0) is 44.2 Å². The van der Waals surface area contributed by atoms with Gasteiger partial charge in [-0.2, -0.15) is 8.78 Å². The van der Waals surface area contributed by atoms with Gasteiger partial charge in [-0.15, -0.1) is 0 Å². The summed E-state index contributed by atoms with van der Waals surface area (Å²) in [5.74, 6) is -4.35. The zero-order valence-corrected chi connectivity index (χ0v) is 13.8. The number of aromatic nitrogens is 2. The molecule has 1 aromatic carbocycles. The summed E-state index contributed by atoms with van der Waals surface area (Å²) >= 11 is 0. The Morgan fingerprint density at radius 2 is 2.08 bits per heavy atom. The van der Waals surface area contributed by atoms with Crippen molar-refractivity contribution in [2.75, 3.05) is 13.1 Å². The Bertz CT molecular complexity index is 767. The third-order valence-electron chi connectivity index (χ3n) is 5.54. The Labute approximate surface area is 144 Å². The van der Waals surface area contributed by atoms with Gasteiger partial charge in [0.25, 0.3) is 5.91 Å². The summed E-state index contributed by atoms with van der Waals surface area (Å²) in [6.07, 6.45) is 1.92. The SMILES string of the molecule is O=C(N1CCC[C@H](c2nc3ccccc3[nH]2)C1)C(F)(F)C1(O)CCC1. The molecule has 0 radical (unpaired) electrons. The van der Waals surface area contributed by atoms with E-state index in [1.165, 1.54) is 4.90 Å². The molecule has 1 aromatic heterocycles. The average Bonchev–Trinajstić information content (AvgIpc) is 3.03. The zero-order valence-electron chi connectivity index (χ0n) is 13.8. The van der Waals surface area contributed by atoms with Crippen LogP contribution < -0.4 is 0 Å². The molecule has 1 aliphatic carbocycles. The molecule has 1 amide bonds. The highest BCUT2D eigenvalue weighted by atomic mass is 19.3. The minimum atomic E-state index is -3.72. The van der Waals surface area contributed by atoms with Crippen LogP contribution in [0.1, 0.15) is 43.8 Å². The van der Waals surface area contributed by atoms with Crippen LogP contribution in [0.25, 0.3) is 11.0 Å². The number of halogens is 2. The Morgan fingerprint density at radius 3 is 2.76 bits per heavy atom. The van der Waals surface area contributed by atoms with Gasteiger partial charge in [0.2, 0.25) is 0 Å². The molecule has 2 aromatic rings. The zero-order chi connectivity index (χ0) is 17.7. The van der Waals surface area contributed by atoms with Crippen molar-refractivity contribution >= 4 is 16.9 Å². The van der Waals surface area contributed by atoms with E-state index in [2.05, 4.69) is 9.97 Å². The Kier molecular flexibility index (Phi) is 3.79. The molecule has 1 aliphatic heterocycles. The number of nitrogens with zero attached hydrogens (tertiary/aromatic N) is 2. The van der Waals surface area contributed by atoms with Crippen LogP contribution in [0, 0.1) is 0 Å². The molecule has 25 heavy (non-hydrogen) atoms. The number of benzene rings is 1. The molecule has 134 valence electrons.